The number of benzene rings is 1. The number of amides is 1. The molecule has 3 aliphatic heterocycles. The minimum Gasteiger partial charge on any atom is -0.378 e. The Morgan fingerprint density at radius 2 is 2.12 bits per heavy atom. The highest BCUT2D eigenvalue weighted by molar-refractivity contribution is 6.30. The first kappa shape index (κ1) is 17.4. The molecule has 2 fully saturated rings. The van der Waals surface area contributed by atoms with E-state index < -0.39 is 0 Å². The maximum Gasteiger partial charge on any atom is 0.242 e. The molecule has 7 heteroatoms. The molecule has 26 heavy (non-hydrogen) atoms. The number of morpholine rings is 1. The van der Waals surface area contributed by atoms with Crippen molar-refractivity contribution in [2.75, 3.05) is 53.0 Å². The first-order valence-electron chi connectivity index (χ1n) is 8.90. The van der Waals surface area contributed by atoms with E-state index in [0.717, 1.165) is 23.5 Å². The minimum atomic E-state index is 0.143. The Morgan fingerprint density at radius 1 is 1.31 bits per heavy atom. The van der Waals surface area contributed by atoms with Crippen LogP contribution in [0.15, 0.2) is 41.6 Å². The summed E-state index contributed by atoms with van der Waals surface area (Å²) in [7, 11) is 2.02. The summed E-state index contributed by atoms with van der Waals surface area (Å²) in [4.78, 5) is 16.8. The van der Waals surface area contributed by atoms with Crippen LogP contribution < -0.4 is 5.43 Å². The standard InChI is InChI=1S/C19H23ClN4O2/c1-22-12-16-17(21-22)5-6-24(13-18(25)23-7-9-26-10-8-23)19(16)14-3-2-4-15(20)11-14/h2-5,11,21H,6-10,12-13H2,1H3. The molecule has 1 aromatic carbocycles. The predicted molar refractivity (Wildman–Crippen MR) is 101 cm³/mol. The van der Waals surface area contributed by atoms with Crippen LogP contribution in [0.4, 0.5) is 0 Å². The fraction of sp³-hybridized carbons (Fsp3) is 0.421. The van der Waals surface area contributed by atoms with Gasteiger partial charge in [-0.1, -0.05) is 23.7 Å². The van der Waals surface area contributed by atoms with E-state index in [2.05, 4.69) is 27.5 Å². The second-order valence-corrected chi connectivity index (χ2v) is 7.23. The molecular formula is C19H23ClN4O2. The highest BCUT2D eigenvalue weighted by Gasteiger charge is 2.30. The number of hydrogen-bond acceptors (Lipinski definition) is 5. The normalized spacial score (nSPS) is 20.8. The summed E-state index contributed by atoms with van der Waals surface area (Å²) in [5.41, 5.74) is 7.83. The molecular weight excluding hydrogens is 352 g/mol. The summed E-state index contributed by atoms with van der Waals surface area (Å²) in [6, 6.07) is 7.86. The molecule has 3 heterocycles. The number of ether oxygens (including phenoxy) is 1. The summed E-state index contributed by atoms with van der Waals surface area (Å²) >= 11 is 6.24. The first-order valence-corrected chi connectivity index (χ1v) is 9.27. The van der Waals surface area contributed by atoms with Gasteiger partial charge in [-0.25, -0.2) is 5.01 Å². The van der Waals surface area contributed by atoms with Crippen molar-refractivity contribution in [2.24, 2.45) is 0 Å². The van der Waals surface area contributed by atoms with Crippen LogP contribution in [0.5, 0.6) is 0 Å². The number of hydrazine groups is 1. The molecule has 0 unspecified atom stereocenters. The van der Waals surface area contributed by atoms with Crippen LogP contribution in [0.25, 0.3) is 5.70 Å². The van der Waals surface area contributed by atoms with Crippen molar-refractivity contribution in [1.82, 2.24) is 20.2 Å². The van der Waals surface area contributed by atoms with Crippen molar-refractivity contribution in [3.8, 4) is 0 Å². The fourth-order valence-electron chi connectivity index (χ4n) is 3.70. The molecule has 0 aromatic heterocycles. The van der Waals surface area contributed by atoms with Crippen molar-refractivity contribution >= 4 is 23.2 Å². The van der Waals surface area contributed by atoms with E-state index in [1.54, 1.807) is 0 Å². The highest BCUT2D eigenvalue weighted by Crippen LogP contribution is 2.34. The average molecular weight is 375 g/mol. The van der Waals surface area contributed by atoms with Crippen LogP contribution in [0.2, 0.25) is 5.02 Å². The molecule has 0 aliphatic carbocycles. The number of fused-ring (bicyclic) bond motifs is 1. The van der Waals surface area contributed by atoms with Crippen LogP contribution >= 0.6 is 11.6 Å². The van der Waals surface area contributed by atoms with Crippen molar-refractivity contribution < 1.29 is 9.53 Å². The van der Waals surface area contributed by atoms with Crippen molar-refractivity contribution in [2.45, 2.75) is 0 Å². The molecule has 1 N–H and O–H groups in total. The SMILES string of the molecule is CN1CC2=C(c3cccc(Cl)c3)N(CC(=O)N3CCOCC3)CC=C2N1. The number of nitrogens with one attached hydrogen (secondary N) is 1. The molecule has 3 aliphatic rings. The Morgan fingerprint density at radius 3 is 2.88 bits per heavy atom. The Bertz CT molecular complexity index is 771. The van der Waals surface area contributed by atoms with Gasteiger partial charge < -0.3 is 20.0 Å². The van der Waals surface area contributed by atoms with Gasteiger partial charge in [0.15, 0.2) is 0 Å². The van der Waals surface area contributed by atoms with Gasteiger partial charge in [0.05, 0.1) is 31.2 Å². The number of hydrogen-bond donors (Lipinski definition) is 1. The monoisotopic (exact) mass is 374 g/mol. The lowest BCUT2D eigenvalue weighted by molar-refractivity contribution is -0.135. The molecule has 0 radical (unpaired) electrons. The van der Waals surface area contributed by atoms with Crippen LogP contribution in [0.1, 0.15) is 5.56 Å². The summed E-state index contributed by atoms with van der Waals surface area (Å²) in [6.45, 7) is 4.41. The Balaban J connectivity index is 1.64. The second kappa shape index (κ2) is 7.31. The van der Waals surface area contributed by atoms with Gasteiger partial charge in [0.25, 0.3) is 0 Å². The molecule has 4 rings (SSSR count). The zero-order chi connectivity index (χ0) is 18.1. The Hall–Kier alpha value is -2.02. The zero-order valence-electron chi connectivity index (χ0n) is 14.9. The quantitative estimate of drug-likeness (QED) is 0.870. The third-order valence-electron chi connectivity index (χ3n) is 4.94. The molecule has 138 valence electrons. The van der Waals surface area contributed by atoms with Gasteiger partial charge >= 0.3 is 0 Å². The Labute approximate surface area is 158 Å². The van der Waals surface area contributed by atoms with Crippen molar-refractivity contribution in [3.63, 3.8) is 0 Å². The van der Waals surface area contributed by atoms with Crippen LogP contribution in [-0.4, -0.2) is 73.7 Å². The van der Waals surface area contributed by atoms with E-state index in [1.165, 1.54) is 5.57 Å². The van der Waals surface area contributed by atoms with Gasteiger partial charge in [-0.15, -0.1) is 0 Å². The summed E-state index contributed by atoms with van der Waals surface area (Å²) in [6.07, 6.45) is 2.15. The van der Waals surface area contributed by atoms with Crippen LogP contribution in [0.3, 0.4) is 0 Å². The number of carbonyl (C=O) groups excluding carboxylic acids is 1. The molecule has 1 aromatic rings. The molecule has 0 atom stereocenters. The Kier molecular flexibility index (Phi) is 4.89. The van der Waals surface area contributed by atoms with E-state index in [4.69, 9.17) is 16.3 Å². The van der Waals surface area contributed by atoms with Gasteiger partial charge in [-0.3, -0.25) is 4.79 Å². The average Bonchev–Trinajstić information content (AvgIpc) is 3.02. The molecule has 0 bridgehead atoms. The predicted octanol–water partition coefficient (Wildman–Crippen LogP) is 1.56. The van der Waals surface area contributed by atoms with Gasteiger partial charge in [0.1, 0.15) is 0 Å². The summed E-state index contributed by atoms with van der Waals surface area (Å²) < 4.78 is 5.36. The number of halogens is 1. The lowest BCUT2D eigenvalue weighted by atomic mass is 9.99. The largest absolute Gasteiger partial charge is 0.378 e. The van der Waals surface area contributed by atoms with E-state index in [0.29, 0.717) is 44.4 Å². The van der Waals surface area contributed by atoms with E-state index in [1.807, 2.05) is 30.1 Å². The van der Waals surface area contributed by atoms with Crippen LogP contribution in [0, 0.1) is 0 Å². The highest BCUT2D eigenvalue weighted by atomic mass is 35.5. The third-order valence-corrected chi connectivity index (χ3v) is 5.17. The van der Waals surface area contributed by atoms with Crippen molar-refractivity contribution in [3.05, 3.63) is 52.2 Å². The van der Waals surface area contributed by atoms with E-state index >= 15 is 0 Å². The minimum absolute atomic E-state index is 0.143. The van der Waals surface area contributed by atoms with Crippen molar-refractivity contribution in [1.29, 1.82) is 0 Å². The van der Waals surface area contributed by atoms with Crippen LogP contribution in [-0.2, 0) is 9.53 Å². The molecule has 2 saturated heterocycles. The maximum atomic E-state index is 12.8. The van der Waals surface area contributed by atoms with Gasteiger partial charge in [-0.05, 0) is 23.8 Å². The third kappa shape index (κ3) is 3.45. The van der Waals surface area contributed by atoms with Gasteiger partial charge in [-0.2, -0.15) is 0 Å². The number of nitrogens with zero attached hydrogens (tertiary/aromatic N) is 3. The first-order chi connectivity index (χ1) is 12.6. The lowest BCUT2D eigenvalue weighted by Gasteiger charge is -2.34. The van der Waals surface area contributed by atoms with Gasteiger partial charge in [0.2, 0.25) is 5.91 Å². The summed E-state index contributed by atoms with van der Waals surface area (Å²) in [5.74, 6) is 0.143. The number of carbonyl (C=O) groups is 1. The molecule has 6 nitrogen and oxygen atoms in total. The maximum absolute atomic E-state index is 12.8. The lowest BCUT2D eigenvalue weighted by Crippen LogP contribution is -2.46. The zero-order valence-corrected chi connectivity index (χ0v) is 15.6. The second-order valence-electron chi connectivity index (χ2n) is 6.80. The molecule has 1 amide bonds. The molecule has 0 spiro atoms. The number of rotatable bonds is 3. The van der Waals surface area contributed by atoms with Gasteiger partial charge in [0, 0.05) is 43.8 Å². The van der Waals surface area contributed by atoms with E-state index in [9.17, 15) is 4.79 Å². The topological polar surface area (TPSA) is 48.0 Å². The van der Waals surface area contributed by atoms with E-state index in [-0.39, 0.29) is 5.91 Å². The summed E-state index contributed by atoms with van der Waals surface area (Å²) in [5, 5.41) is 2.75. The fourth-order valence-corrected chi connectivity index (χ4v) is 3.89. The number of likely N-dealkylation sites (N-methyl/N-ethyl adjacent to an activating group) is 1. The molecule has 0 saturated carbocycles. The smallest absolute Gasteiger partial charge is 0.242 e.